The number of halogens is 1. The molecule has 2 bridgehead atoms. The maximum atomic E-state index is 12.6. The van der Waals surface area contributed by atoms with Crippen LogP contribution >= 0.6 is 15.9 Å². The van der Waals surface area contributed by atoms with Crippen LogP contribution in [0.3, 0.4) is 0 Å². The molecular formula is C15H17BrN2O. The monoisotopic (exact) mass is 320 g/mol. The van der Waals surface area contributed by atoms with E-state index in [0.29, 0.717) is 12.0 Å². The van der Waals surface area contributed by atoms with Gasteiger partial charge in [-0.2, -0.15) is 0 Å². The summed E-state index contributed by atoms with van der Waals surface area (Å²) in [5.74, 6) is 0.828. The first-order valence-electron chi connectivity index (χ1n) is 7.08. The van der Waals surface area contributed by atoms with Crippen molar-refractivity contribution in [3.8, 4) is 0 Å². The molecule has 1 aromatic carbocycles. The molecule has 1 amide bonds. The first kappa shape index (κ1) is 11.9. The zero-order valence-electron chi connectivity index (χ0n) is 10.7. The summed E-state index contributed by atoms with van der Waals surface area (Å²) in [4.78, 5) is 14.7. The second kappa shape index (κ2) is 4.32. The Morgan fingerprint density at radius 3 is 2.63 bits per heavy atom. The molecule has 2 saturated heterocycles. The van der Waals surface area contributed by atoms with Crippen LogP contribution in [0.4, 0.5) is 0 Å². The van der Waals surface area contributed by atoms with E-state index in [-0.39, 0.29) is 12.1 Å². The minimum absolute atomic E-state index is 0.188. The van der Waals surface area contributed by atoms with Gasteiger partial charge in [0.25, 0.3) is 5.91 Å². The number of carbonyl (C=O) groups excluding carboxylic acids is 1. The number of rotatable bonds is 1. The van der Waals surface area contributed by atoms with Gasteiger partial charge in [0.05, 0.1) is 11.7 Å². The summed E-state index contributed by atoms with van der Waals surface area (Å²) in [6.07, 6.45) is 5.34. The molecule has 3 fully saturated rings. The summed E-state index contributed by atoms with van der Waals surface area (Å²) < 4.78 is 0.929. The molecule has 1 saturated carbocycles. The third kappa shape index (κ3) is 1.77. The average Bonchev–Trinajstić information content (AvgIpc) is 2.79. The van der Waals surface area contributed by atoms with Crippen molar-refractivity contribution in [2.24, 2.45) is 5.92 Å². The van der Waals surface area contributed by atoms with Gasteiger partial charge >= 0.3 is 0 Å². The van der Waals surface area contributed by atoms with Crippen LogP contribution in [0.5, 0.6) is 0 Å². The normalized spacial score (nSPS) is 32.8. The molecule has 1 aromatic rings. The standard InChI is InChI=1S/C15H17BrN2O/c16-12-3-1-2-10-8-18(15(19)13(10)12)14-9-4-6-11(17-14)7-5-9/h1-3,9,11,14,17H,4-8H2. The van der Waals surface area contributed by atoms with E-state index in [9.17, 15) is 4.79 Å². The average molecular weight is 321 g/mol. The molecule has 1 aliphatic carbocycles. The van der Waals surface area contributed by atoms with Gasteiger partial charge in [0.15, 0.2) is 0 Å². The second-order valence-corrected chi connectivity index (χ2v) is 6.78. The molecular weight excluding hydrogens is 304 g/mol. The lowest BCUT2D eigenvalue weighted by Crippen LogP contribution is -2.60. The van der Waals surface area contributed by atoms with Crippen LogP contribution in [-0.2, 0) is 6.54 Å². The molecule has 3 heterocycles. The molecule has 1 atom stereocenters. The molecule has 0 spiro atoms. The number of fused-ring (bicyclic) bond motifs is 4. The van der Waals surface area contributed by atoms with E-state index in [2.05, 4.69) is 27.3 Å². The van der Waals surface area contributed by atoms with Crippen molar-refractivity contribution in [1.29, 1.82) is 0 Å². The number of amides is 1. The predicted octanol–water partition coefficient (Wildman–Crippen LogP) is 2.89. The van der Waals surface area contributed by atoms with E-state index in [4.69, 9.17) is 0 Å². The van der Waals surface area contributed by atoms with Crippen LogP contribution in [0.2, 0.25) is 0 Å². The van der Waals surface area contributed by atoms with Crippen LogP contribution in [0.1, 0.15) is 41.6 Å². The molecule has 100 valence electrons. The third-order valence-electron chi connectivity index (χ3n) is 4.88. The highest BCUT2D eigenvalue weighted by Crippen LogP contribution is 2.38. The Kier molecular flexibility index (Phi) is 2.71. The van der Waals surface area contributed by atoms with Gasteiger partial charge in [-0.25, -0.2) is 0 Å². The number of nitrogens with one attached hydrogen (secondary N) is 1. The Balaban J connectivity index is 1.65. The number of nitrogens with zero attached hydrogens (tertiary/aromatic N) is 1. The Labute approximate surface area is 121 Å². The zero-order chi connectivity index (χ0) is 13.0. The van der Waals surface area contributed by atoms with Gasteiger partial charge in [0.1, 0.15) is 0 Å². The van der Waals surface area contributed by atoms with Crippen LogP contribution in [0, 0.1) is 5.92 Å². The van der Waals surface area contributed by atoms with E-state index < -0.39 is 0 Å². The Bertz CT molecular complexity index is 537. The quantitative estimate of drug-likeness (QED) is 0.863. The maximum Gasteiger partial charge on any atom is 0.256 e. The smallest absolute Gasteiger partial charge is 0.256 e. The van der Waals surface area contributed by atoms with E-state index >= 15 is 0 Å². The van der Waals surface area contributed by atoms with Crippen molar-refractivity contribution < 1.29 is 4.79 Å². The van der Waals surface area contributed by atoms with Crippen molar-refractivity contribution in [2.45, 2.75) is 44.4 Å². The van der Waals surface area contributed by atoms with Crippen LogP contribution < -0.4 is 5.32 Å². The summed E-state index contributed by atoms with van der Waals surface area (Å²) >= 11 is 3.51. The van der Waals surface area contributed by atoms with E-state index in [1.807, 2.05) is 17.0 Å². The third-order valence-corrected chi connectivity index (χ3v) is 5.54. The van der Waals surface area contributed by atoms with Gasteiger partial charge in [0, 0.05) is 17.1 Å². The number of hydrogen-bond acceptors (Lipinski definition) is 2. The Morgan fingerprint density at radius 1 is 1.21 bits per heavy atom. The highest BCUT2D eigenvalue weighted by atomic mass is 79.9. The number of piperidine rings is 2. The van der Waals surface area contributed by atoms with Gasteiger partial charge in [-0.3, -0.25) is 10.1 Å². The van der Waals surface area contributed by atoms with Crippen molar-refractivity contribution >= 4 is 21.8 Å². The SMILES string of the molecule is O=C1c2c(Br)cccc2CN1C1NC2CCC1CC2. The largest absolute Gasteiger partial charge is 0.318 e. The van der Waals surface area contributed by atoms with Crippen LogP contribution in [0.25, 0.3) is 0 Å². The van der Waals surface area contributed by atoms with Crippen molar-refractivity contribution in [3.05, 3.63) is 33.8 Å². The predicted molar refractivity (Wildman–Crippen MR) is 76.7 cm³/mol. The topological polar surface area (TPSA) is 32.3 Å². The minimum atomic E-state index is 0.188. The summed E-state index contributed by atoms with van der Waals surface area (Å²) in [5.41, 5.74) is 2.02. The summed E-state index contributed by atoms with van der Waals surface area (Å²) in [6.45, 7) is 0.758. The lowest BCUT2D eigenvalue weighted by Gasteiger charge is -2.47. The molecule has 0 aromatic heterocycles. The first-order chi connectivity index (χ1) is 9.24. The number of carbonyl (C=O) groups is 1. The maximum absolute atomic E-state index is 12.6. The summed E-state index contributed by atoms with van der Waals surface area (Å²) in [6, 6.07) is 6.66. The summed E-state index contributed by atoms with van der Waals surface area (Å²) in [7, 11) is 0. The number of hydrogen-bond donors (Lipinski definition) is 1. The van der Waals surface area contributed by atoms with Crippen molar-refractivity contribution in [2.75, 3.05) is 0 Å². The lowest BCUT2D eigenvalue weighted by atomic mass is 9.79. The fourth-order valence-corrected chi connectivity index (χ4v) is 4.46. The lowest BCUT2D eigenvalue weighted by molar-refractivity contribution is 0.0243. The number of benzene rings is 1. The Morgan fingerprint density at radius 2 is 2.00 bits per heavy atom. The van der Waals surface area contributed by atoms with E-state index in [0.717, 1.165) is 22.1 Å². The molecule has 1 unspecified atom stereocenters. The second-order valence-electron chi connectivity index (χ2n) is 5.93. The van der Waals surface area contributed by atoms with Gasteiger partial charge in [0.2, 0.25) is 0 Å². The van der Waals surface area contributed by atoms with Crippen molar-refractivity contribution in [1.82, 2.24) is 10.2 Å². The molecule has 3 aliphatic heterocycles. The van der Waals surface area contributed by atoms with Crippen molar-refractivity contribution in [3.63, 3.8) is 0 Å². The van der Waals surface area contributed by atoms with Gasteiger partial charge in [-0.05, 0) is 59.2 Å². The summed E-state index contributed by atoms with van der Waals surface area (Å²) in [5, 5.41) is 3.67. The molecule has 0 radical (unpaired) electrons. The molecule has 1 N–H and O–H groups in total. The molecule has 3 nitrogen and oxygen atoms in total. The molecule has 4 heteroatoms. The van der Waals surface area contributed by atoms with Gasteiger partial charge in [-0.15, -0.1) is 0 Å². The van der Waals surface area contributed by atoms with Crippen LogP contribution in [0.15, 0.2) is 22.7 Å². The van der Waals surface area contributed by atoms with Crippen LogP contribution in [-0.4, -0.2) is 23.0 Å². The highest BCUT2D eigenvalue weighted by molar-refractivity contribution is 9.10. The molecule has 5 rings (SSSR count). The minimum Gasteiger partial charge on any atom is -0.318 e. The fourth-order valence-electron chi connectivity index (χ4n) is 3.89. The highest BCUT2D eigenvalue weighted by Gasteiger charge is 2.43. The zero-order valence-corrected chi connectivity index (χ0v) is 12.3. The van der Waals surface area contributed by atoms with E-state index in [1.165, 1.54) is 25.7 Å². The van der Waals surface area contributed by atoms with Gasteiger partial charge < -0.3 is 4.90 Å². The first-order valence-corrected chi connectivity index (χ1v) is 7.88. The Hall–Kier alpha value is -0.870. The van der Waals surface area contributed by atoms with E-state index in [1.54, 1.807) is 0 Å². The van der Waals surface area contributed by atoms with Gasteiger partial charge in [-0.1, -0.05) is 12.1 Å². The molecule has 19 heavy (non-hydrogen) atoms. The molecule has 4 aliphatic rings. The fraction of sp³-hybridized carbons (Fsp3) is 0.533.